The Labute approximate surface area is 123 Å². The van der Waals surface area contributed by atoms with Crippen molar-refractivity contribution in [2.75, 3.05) is 6.54 Å². The fourth-order valence-electron chi connectivity index (χ4n) is 1.38. The second-order valence-corrected chi connectivity index (χ2v) is 4.59. The molecule has 1 rings (SSSR count). The van der Waals surface area contributed by atoms with E-state index < -0.39 is 22.5 Å². The molecular formula is C11H10Cl2N2O5. The summed E-state index contributed by atoms with van der Waals surface area (Å²) in [7, 11) is 0. The van der Waals surface area contributed by atoms with E-state index in [2.05, 4.69) is 5.32 Å². The van der Waals surface area contributed by atoms with Gasteiger partial charge < -0.3 is 10.4 Å². The molecule has 0 aliphatic carbocycles. The fourth-order valence-corrected chi connectivity index (χ4v) is 1.77. The van der Waals surface area contributed by atoms with Crippen LogP contribution in [-0.2, 0) is 4.79 Å². The van der Waals surface area contributed by atoms with Gasteiger partial charge in [0.25, 0.3) is 11.6 Å². The van der Waals surface area contributed by atoms with Gasteiger partial charge in [0.15, 0.2) is 0 Å². The van der Waals surface area contributed by atoms with Crippen molar-refractivity contribution in [3.05, 3.63) is 37.9 Å². The summed E-state index contributed by atoms with van der Waals surface area (Å²) in [5.74, 6) is -1.55. The Hall–Kier alpha value is -1.86. The first-order valence-corrected chi connectivity index (χ1v) is 6.22. The molecule has 0 saturated heterocycles. The number of hydrogen-bond acceptors (Lipinski definition) is 4. The van der Waals surface area contributed by atoms with Crippen LogP contribution in [0.15, 0.2) is 12.1 Å². The number of nitro benzene ring substituents is 1. The maximum atomic E-state index is 11.7. The number of carbonyl (C=O) groups excluding carboxylic acids is 1. The highest BCUT2D eigenvalue weighted by molar-refractivity contribution is 6.43. The fraction of sp³-hybridized carbons (Fsp3) is 0.273. The van der Waals surface area contributed by atoms with E-state index >= 15 is 0 Å². The summed E-state index contributed by atoms with van der Waals surface area (Å²) in [6.45, 7) is 0.138. The number of aliphatic carboxylic acids is 1. The number of benzene rings is 1. The molecule has 7 nitrogen and oxygen atoms in total. The van der Waals surface area contributed by atoms with Crippen LogP contribution in [0.2, 0.25) is 10.0 Å². The summed E-state index contributed by atoms with van der Waals surface area (Å²) in [6, 6.07) is 2.23. The molecule has 0 bridgehead atoms. The van der Waals surface area contributed by atoms with E-state index in [1.807, 2.05) is 0 Å². The van der Waals surface area contributed by atoms with Gasteiger partial charge in [-0.1, -0.05) is 23.2 Å². The summed E-state index contributed by atoms with van der Waals surface area (Å²) < 4.78 is 0. The molecule has 0 fully saturated rings. The molecule has 20 heavy (non-hydrogen) atoms. The minimum atomic E-state index is -0.968. The zero-order valence-electron chi connectivity index (χ0n) is 10.1. The van der Waals surface area contributed by atoms with Crippen LogP contribution in [0.3, 0.4) is 0 Å². The third-order valence-corrected chi connectivity index (χ3v) is 3.11. The smallest absolute Gasteiger partial charge is 0.303 e. The van der Waals surface area contributed by atoms with Crippen LogP contribution in [0.5, 0.6) is 0 Å². The predicted octanol–water partition coefficient (Wildman–Crippen LogP) is 2.50. The van der Waals surface area contributed by atoms with Gasteiger partial charge in [-0.15, -0.1) is 0 Å². The molecular weight excluding hydrogens is 311 g/mol. The number of nitrogens with zero attached hydrogens (tertiary/aromatic N) is 1. The van der Waals surface area contributed by atoms with Crippen molar-refractivity contribution in [3.63, 3.8) is 0 Å². The van der Waals surface area contributed by atoms with Gasteiger partial charge in [-0.25, -0.2) is 0 Å². The van der Waals surface area contributed by atoms with Crippen LogP contribution in [0.25, 0.3) is 0 Å². The van der Waals surface area contributed by atoms with Gasteiger partial charge in [0.05, 0.1) is 9.95 Å². The van der Waals surface area contributed by atoms with Crippen LogP contribution < -0.4 is 5.32 Å². The lowest BCUT2D eigenvalue weighted by atomic mass is 10.2. The van der Waals surface area contributed by atoms with Gasteiger partial charge in [0, 0.05) is 24.6 Å². The molecule has 0 aliphatic rings. The van der Waals surface area contributed by atoms with Crippen LogP contribution in [-0.4, -0.2) is 28.5 Å². The number of hydrogen-bond donors (Lipinski definition) is 2. The summed E-state index contributed by atoms with van der Waals surface area (Å²) in [5, 5.41) is 21.3. The van der Waals surface area contributed by atoms with Crippen LogP contribution >= 0.6 is 23.2 Å². The lowest BCUT2D eigenvalue weighted by Crippen LogP contribution is -2.25. The van der Waals surface area contributed by atoms with Gasteiger partial charge in [-0.2, -0.15) is 0 Å². The van der Waals surface area contributed by atoms with E-state index in [4.69, 9.17) is 28.3 Å². The Balaban J connectivity index is 2.78. The van der Waals surface area contributed by atoms with Gasteiger partial charge in [0.2, 0.25) is 0 Å². The molecule has 2 N–H and O–H groups in total. The molecule has 1 amide bonds. The molecule has 0 spiro atoms. The first-order valence-electron chi connectivity index (χ1n) is 5.46. The molecule has 0 atom stereocenters. The number of carbonyl (C=O) groups is 2. The van der Waals surface area contributed by atoms with Crippen molar-refractivity contribution in [2.24, 2.45) is 0 Å². The number of carboxylic acids is 1. The third-order valence-electron chi connectivity index (χ3n) is 2.32. The Morgan fingerprint density at radius 2 is 2.00 bits per heavy atom. The van der Waals surface area contributed by atoms with Crippen molar-refractivity contribution in [2.45, 2.75) is 12.8 Å². The monoisotopic (exact) mass is 320 g/mol. The van der Waals surface area contributed by atoms with E-state index in [0.29, 0.717) is 0 Å². The van der Waals surface area contributed by atoms with Crippen molar-refractivity contribution in [1.29, 1.82) is 0 Å². The van der Waals surface area contributed by atoms with Crippen molar-refractivity contribution >= 4 is 40.8 Å². The third kappa shape index (κ3) is 4.36. The van der Waals surface area contributed by atoms with Crippen LogP contribution in [0.4, 0.5) is 5.69 Å². The number of rotatable bonds is 6. The molecule has 0 heterocycles. The maximum Gasteiger partial charge on any atom is 0.303 e. The zero-order valence-corrected chi connectivity index (χ0v) is 11.6. The average Bonchev–Trinajstić information content (AvgIpc) is 2.36. The van der Waals surface area contributed by atoms with E-state index in [0.717, 1.165) is 6.07 Å². The Morgan fingerprint density at radius 1 is 1.35 bits per heavy atom. The van der Waals surface area contributed by atoms with E-state index in [1.54, 1.807) is 0 Å². The topological polar surface area (TPSA) is 110 Å². The number of halogens is 2. The lowest BCUT2D eigenvalue weighted by molar-refractivity contribution is -0.384. The number of nitro groups is 1. The van der Waals surface area contributed by atoms with Gasteiger partial charge in [-0.05, 0) is 12.5 Å². The van der Waals surface area contributed by atoms with E-state index in [9.17, 15) is 19.7 Å². The predicted molar refractivity (Wildman–Crippen MR) is 72.3 cm³/mol. The number of nitrogens with one attached hydrogen (secondary N) is 1. The molecule has 0 aromatic heterocycles. The second-order valence-electron chi connectivity index (χ2n) is 3.80. The molecule has 1 aromatic carbocycles. The van der Waals surface area contributed by atoms with Crippen molar-refractivity contribution < 1.29 is 19.6 Å². The van der Waals surface area contributed by atoms with E-state index in [-0.39, 0.29) is 35.0 Å². The van der Waals surface area contributed by atoms with Gasteiger partial charge in [0.1, 0.15) is 5.02 Å². The summed E-state index contributed by atoms with van der Waals surface area (Å²) >= 11 is 11.4. The molecule has 108 valence electrons. The highest BCUT2D eigenvalue weighted by atomic mass is 35.5. The van der Waals surface area contributed by atoms with Crippen LogP contribution in [0, 0.1) is 10.1 Å². The quantitative estimate of drug-likeness (QED) is 0.475. The maximum absolute atomic E-state index is 11.7. The van der Waals surface area contributed by atoms with Crippen molar-refractivity contribution in [1.82, 2.24) is 5.32 Å². The average molecular weight is 321 g/mol. The number of carboxylic acid groups (broad SMARTS) is 1. The molecule has 0 radical (unpaired) electrons. The van der Waals surface area contributed by atoms with Gasteiger partial charge in [-0.3, -0.25) is 19.7 Å². The van der Waals surface area contributed by atoms with Gasteiger partial charge >= 0.3 is 5.97 Å². The first kappa shape index (κ1) is 16.2. The number of amides is 1. The summed E-state index contributed by atoms with van der Waals surface area (Å²) in [5.41, 5.74) is -0.476. The Kier molecular flexibility index (Phi) is 5.72. The molecule has 9 heteroatoms. The van der Waals surface area contributed by atoms with Crippen molar-refractivity contribution in [3.8, 4) is 0 Å². The first-order chi connectivity index (χ1) is 9.32. The lowest BCUT2D eigenvalue weighted by Gasteiger charge is -2.06. The summed E-state index contributed by atoms with van der Waals surface area (Å²) in [6.07, 6.45) is 0.173. The molecule has 1 aromatic rings. The molecule has 0 saturated carbocycles. The second kappa shape index (κ2) is 7.06. The molecule has 0 unspecified atom stereocenters. The Bertz CT molecular complexity index is 562. The largest absolute Gasteiger partial charge is 0.481 e. The minimum absolute atomic E-state index is 0.0126. The molecule has 0 aliphatic heterocycles. The van der Waals surface area contributed by atoms with Crippen LogP contribution in [0.1, 0.15) is 23.2 Å². The standard InChI is InChI=1S/C11H10Cl2N2O5/c12-7-4-6(5-8(10(7)13)15(19)20)11(18)14-3-1-2-9(16)17/h4-5H,1-3H2,(H,14,18)(H,16,17). The minimum Gasteiger partial charge on any atom is -0.481 e. The zero-order chi connectivity index (χ0) is 15.3. The highest BCUT2D eigenvalue weighted by Crippen LogP contribution is 2.32. The highest BCUT2D eigenvalue weighted by Gasteiger charge is 2.19. The Morgan fingerprint density at radius 3 is 2.55 bits per heavy atom. The normalized spacial score (nSPS) is 10.1. The summed E-state index contributed by atoms with van der Waals surface area (Å²) in [4.78, 5) is 32.0. The SMILES string of the molecule is O=C(O)CCCNC(=O)c1cc(Cl)c(Cl)c([N+](=O)[O-])c1. The van der Waals surface area contributed by atoms with E-state index in [1.165, 1.54) is 6.07 Å².